The molecule has 1 aliphatic carbocycles. The molecule has 0 spiro atoms. The lowest BCUT2D eigenvalue weighted by molar-refractivity contribution is -0.116. The number of carbonyl (C=O) groups is 1. The lowest BCUT2D eigenvalue weighted by atomic mass is 9.92. The van der Waals surface area contributed by atoms with Crippen molar-refractivity contribution in [3.8, 4) is 0 Å². The second-order valence-electron chi connectivity index (χ2n) is 8.72. The Bertz CT molecular complexity index is 1010. The maximum absolute atomic E-state index is 12.8. The number of fused-ring (bicyclic) bond motifs is 1. The summed E-state index contributed by atoms with van der Waals surface area (Å²) in [7, 11) is 0. The maximum atomic E-state index is 12.8. The molecule has 1 aliphatic rings. The van der Waals surface area contributed by atoms with Gasteiger partial charge in [-0.1, -0.05) is 43.3 Å². The molecular weight excluding hydrogens is 362 g/mol. The van der Waals surface area contributed by atoms with Gasteiger partial charge in [-0.05, 0) is 62.3 Å². The molecule has 29 heavy (non-hydrogen) atoms. The van der Waals surface area contributed by atoms with Gasteiger partial charge in [0.15, 0.2) is 0 Å². The Labute approximate surface area is 171 Å². The van der Waals surface area contributed by atoms with Gasteiger partial charge in [-0.15, -0.1) is 0 Å². The number of anilines is 1. The minimum Gasteiger partial charge on any atom is -0.386 e. The van der Waals surface area contributed by atoms with Crippen LogP contribution in [0.15, 0.2) is 48.5 Å². The quantitative estimate of drug-likeness (QED) is 0.613. The van der Waals surface area contributed by atoms with Gasteiger partial charge in [-0.3, -0.25) is 10.1 Å². The molecule has 1 heterocycles. The number of hydrogen-bond acceptors (Lipinski definition) is 3. The molecule has 0 bridgehead atoms. The summed E-state index contributed by atoms with van der Waals surface area (Å²) in [5.41, 5.74) is 2.90. The molecule has 0 radical (unpaired) electrons. The third kappa shape index (κ3) is 4.06. The summed E-state index contributed by atoms with van der Waals surface area (Å²) in [6.45, 7) is 5.64. The summed E-state index contributed by atoms with van der Waals surface area (Å²) < 4.78 is 2.15. The second-order valence-corrected chi connectivity index (χ2v) is 8.72. The SMILES string of the molecule is C[C@H](CC(=O)Nc1nc2ccc(C(C)(C)O)cc2n1C1CCC1)c1ccccc1. The van der Waals surface area contributed by atoms with E-state index in [0.717, 1.165) is 35.0 Å². The van der Waals surface area contributed by atoms with Crippen LogP contribution in [0, 0.1) is 0 Å². The summed E-state index contributed by atoms with van der Waals surface area (Å²) in [5.74, 6) is 0.724. The Morgan fingerprint density at radius 2 is 1.97 bits per heavy atom. The van der Waals surface area contributed by atoms with Crippen molar-refractivity contribution in [3.05, 3.63) is 59.7 Å². The molecular formula is C24H29N3O2. The fourth-order valence-electron chi connectivity index (χ4n) is 3.93. The number of amides is 1. The molecule has 1 amide bonds. The van der Waals surface area contributed by atoms with E-state index in [1.807, 2.05) is 36.4 Å². The van der Waals surface area contributed by atoms with Gasteiger partial charge < -0.3 is 9.67 Å². The monoisotopic (exact) mass is 391 g/mol. The highest BCUT2D eigenvalue weighted by Crippen LogP contribution is 2.38. The minimum absolute atomic E-state index is 0.0278. The van der Waals surface area contributed by atoms with Crippen molar-refractivity contribution in [2.24, 2.45) is 0 Å². The number of aliphatic hydroxyl groups is 1. The van der Waals surface area contributed by atoms with Crippen LogP contribution in [-0.2, 0) is 10.4 Å². The van der Waals surface area contributed by atoms with Crippen molar-refractivity contribution in [2.75, 3.05) is 5.32 Å². The molecule has 5 nitrogen and oxygen atoms in total. The Morgan fingerprint density at radius 1 is 1.24 bits per heavy atom. The lowest BCUT2D eigenvalue weighted by Gasteiger charge is -2.29. The van der Waals surface area contributed by atoms with E-state index in [-0.39, 0.29) is 11.8 Å². The van der Waals surface area contributed by atoms with E-state index >= 15 is 0 Å². The predicted molar refractivity (Wildman–Crippen MR) is 116 cm³/mol. The van der Waals surface area contributed by atoms with Crippen molar-refractivity contribution in [2.45, 2.75) is 64.0 Å². The highest BCUT2D eigenvalue weighted by molar-refractivity contribution is 5.92. The summed E-state index contributed by atoms with van der Waals surface area (Å²) >= 11 is 0. The van der Waals surface area contributed by atoms with Gasteiger partial charge in [0.25, 0.3) is 0 Å². The Kier molecular flexibility index (Phi) is 5.17. The number of benzene rings is 2. The zero-order valence-electron chi connectivity index (χ0n) is 17.4. The van der Waals surface area contributed by atoms with Crippen molar-refractivity contribution in [1.82, 2.24) is 9.55 Å². The first-order chi connectivity index (χ1) is 13.8. The zero-order valence-corrected chi connectivity index (χ0v) is 17.4. The lowest BCUT2D eigenvalue weighted by Crippen LogP contribution is -2.23. The normalized spacial score (nSPS) is 15.9. The van der Waals surface area contributed by atoms with Crippen molar-refractivity contribution in [1.29, 1.82) is 0 Å². The molecule has 0 unspecified atom stereocenters. The standard InChI is InChI=1S/C24H29N3O2/c1-16(17-8-5-4-6-9-17)14-22(28)26-23-25-20-13-12-18(24(2,3)29)15-21(20)27(23)19-10-7-11-19/h4-6,8-9,12-13,15-16,19,29H,7,10-11,14H2,1-3H3,(H,25,26,28)/t16-/m1/s1. The fraction of sp³-hybridized carbons (Fsp3) is 0.417. The van der Waals surface area contributed by atoms with Gasteiger partial charge in [0.2, 0.25) is 11.9 Å². The van der Waals surface area contributed by atoms with Crippen LogP contribution in [-0.4, -0.2) is 20.6 Å². The van der Waals surface area contributed by atoms with Gasteiger partial charge in [0, 0.05) is 12.5 Å². The Balaban J connectivity index is 1.61. The Morgan fingerprint density at radius 3 is 2.59 bits per heavy atom. The third-order valence-electron chi connectivity index (χ3n) is 5.95. The third-order valence-corrected chi connectivity index (χ3v) is 5.95. The van der Waals surface area contributed by atoms with Gasteiger partial charge in [-0.25, -0.2) is 4.98 Å². The van der Waals surface area contributed by atoms with Crippen LogP contribution in [0.2, 0.25) is 0 Å². The molecule has 4 rings (SSSR count). The number of nitrogens with zero attached hydrogens (tertiary/aromatic N) is 2. The van der Waals surface area contributed by atoms with E-state index in [9.17, 15) is 9.90 Å². The minimum atomic E-state index is -0.919. The fourth-order valence-corrected chi connectivity index (χ4v) is 3.93. The summed E-state index contributed by atoms with van der Waals surface area (Å²) in [6, 6.07) is 16.3. The average molecular weight is 392 g/mol. The highest BCUT2D eigenvalue weighted by Gasteiger charge is 2.27. The number of imidazole rings is 1. The van der Waals surface area contributed by atoms with Crippen LogP contribution in [0.25, 0.3) is 11.0 Å². The maximum Gasteiger partial charge on any atom is 0.227 e. The number of carbonyl (C=O) groups excluding carboxylic acids is 1. The summed E-state index contributed by atoms with van der Waals surface area (Å²) in [4.78, 5) is 17.5. The number of rotatable bonds is 6. The van der Waals surface area contributed by atoms with E-state index < -0.39 is 5.60 Å². The smallest absolute Gasteiger partial charge is 0.227 e. The molecule has 0 aliphatic heterocycles. The molecule has 2 aromatic carbocycles. The first-order valence-electron chi connectivity index (χ1n) is 10.4. The molecule has 0 saturated heterocycles. The van der Waals surface area contributed by atoms with Crippen molar-refractivity contribution in [3.63, 3.8) is 0 Å². The van der Waals surface area contributed by atoms with Crippen LogP contribution < -0.4 is 5.32 Å². The number of nitrogens with one attached hydrogen (secondary N) is 1. The first kappa shape index (κ1) is 19.6. The molecule has 1 fully saturated rings. The van der Waals surface area contributed by atoms with Crippen LogP contribution in [0.4, 0.5) is 5.95 Å². The molecule has 2 N–H and O–H groups in total. The van der Waals surface area contributed by atoms with Gasteiger partial charge in [-0.2, -0.15) is 0 Å². The first-order valence-corrected chi connectivity index (χ1v) is 10.4. The molecule has 152 valence electrons. The van der Waals surface area contributed by atoms with Crippen LogP contribution >= 0.6 is 0 Å². The van der Waals surface area contributed by atoms with E-state index in [1.54, 1.807) is 13.8 Å². The molecule has 5 heteroatoms. The zero-order chi connectivity index (χ0) is 20.6. The molecule has 1 atom stereocenters. The number of aromatic nitrogens is 2. The van der Waals surface area contributed by atoms with Crippen LogP contribution in [0.3, 0.4) is 0 Å². The van der Waals surface area contributed by atoms with E-state index in [1.165, 1.54) is 6.42 Å². The van der Waals surface area contributed by atoms with E-state index in [4.69, 9.17) is 4.98 Å². The van der Waals surface area contributed by atoms with E-state index in [2.05, 4.69) is 28.9 Å². The van der Waals surface area contributed by atoms with Gasteiger partial charge >= 0.3 is 0 Å². The summed E-state index contributed by atoms with van der Waals surface area (Å²) in [5, 5.41) is 13.5. The topological polar surface area (TPSA) is 67.2 Å². The van der Waals surface area contributed by atoms with E-state index in [0.29, 0.717) is 18.4 Å². The largest absolute Gasteiger partial charge is 0.386 e. The predicted octanol–water partition coefficient (Wildman–Crippen LogP) is 5.12. The van der Waals surface area contributed by atoms with Gasteiger partial charge in [0.1, 0.15) is 0 Å². The molecule has 3 aromatic rings. The van der Waals surface area contributed by atoms with Crippen LogP contribution in [0.5, 0.6) is 0 Å². The number of hydrogen-bond donors (Lipinski definition) is 2. The second kappa shape index (κ2) is 7.64. The van der Waals surface area contributed by atoms with Gasteiger partial charge in [0.05, 0.1) is 16.6 Å². The highest BCUT2D eigenvalue weighted by atomic mass is 16.3. The summed E-state index contributed by atoms with van der Waals surface area (Å²) in [6.07, 6.45) is 3.77. The molecule has 1 aromatic heterocycles. The average Bonchev–Trinajstić information content (AvgIpc) is 2.97. The van der Waals surface area contributed by atoms with Crippen molar-refractivity contribution < 1.29 is 9.90 Å². The molecule has 1 saturated carbocycles. The van der Waals surface area contributed by atoms with Crippen LogP contribution in [0.1, 0.15) is 69.5 Å². The van der Waals surface area contributed by atoms with Crippen molar-refractivity contribution >= 4 is 22.9 Å². The Hall–Kier alpha value is -2.66.